The average molecular weight is 334 g/mol. The third-order valence-corrected chi connectivity index (χ3v) is 4.73. The Kier molecular flexibility index (Phi) is 4.74. The van der Waals surface area contributed by atoms with Gasteiger partial charge in [-0.05, 0) is 60.1 Å². The van der Waals surface area contributed by atoms with Gasteiger partial charge < -0.3 is 0 Å². The van der Waals surface area contributed by atoms with Crippen molar-refractivity contribution in [1.29, 1.82) is 0 Å². The summed E-state index contributed by atoms with van der Waals surface area (Å²) in [7, 11) is 0. The molecule has 0 nitrogen and oxygen atoms in total. The van der Waals surface area contributed by atoms with Crippen LogP contribution in [0.5, 0.6) is 0 Å². The summed E-state index contributed by atoms with van der Waals surface area (Å²) in [5.74, 6) is -4.09. The van der Waals surface area contributed by atoms with Crippen molar-refractivity contribution < 1.29 is 17.6 Å². The molecule has 0 fully saturated rings. The van der Waals surface area contributed by atoms with Crippen LogP contribution in [0.2, 0.25) is 0 Å². The fourth-order valence-corrected chi connectivity index (χ4v) is 3.18. The maximum atomic E-state index is 14.4. The number of allylic oxidation sites excluding steroid dienone is 2. The Balaban J connectivity index is 1.92. The number of hydrogen-bond acceptors (Lipinski definition) is 0. The van der Waals surface area contributed by atoms with E-state index in [0.29, 0.717) is 5.92 Å². The van der Waals surface area contributed by atoms with Gasteiger partial charge in [0.05, 0.1) is 0 Å². The Labute approximate surface area is 138 Å². The topological polar surface area (TPSA) is 0 Å². The molecule has 1 aliphatic carbocycles. The molecule has 0 aliphatic heterocycles. The molecular weight excluding hydrogens is 316 g/mol. The molecule has 1 unspecified atom stereocenters. The molecule has 1 atom stereocenters. The van der Waals surface area contributed by atoms with Gasteiger partial charge in [0.15, 0.2) is 17.5 Å². The van der Waals surface area contributed by atoms with Crippen molar-refractivity contribution >= 4 is 5.57 Å². The van der Waals surface area contributed by atoms with Crippen LogP contribution in [0.1, 0.15) is 38.2 Å². The first-order valence-electron chi connectivity index (χ1n) is 8.13. The van der Waals surface area contributed by atoms with Crippen LogP contribution < -0.4 is 0 Å². The Hall–Kier alpha value is -2.10. The van der Waals surface area contributed by atoms with Crippen LogP contribution in [-0.2, 0) is 0 Å². The van der Waals surface area contributed by atoms with Gasteiger partial charge in [0.2, 0.25) is 0 Å². The second kappa shape index (κ2) is 6.80. The van der Waals surface area contributed by atoms with Gasteiger partial charge in [-0.2, -0.15) is 0 Å². The summed E-state index contributed by atoms with van der Waals surface area (Å²) < 4.78 is 54.2. The molecule has 2 aromatic rings. The Bertz CT molecular complexity index is 769. The van der Waals surface area contributed by atoms with Crippen molar-refractivity contribution in [2.24, 2.45) is 5.92 Å². The summed E-state index contributed by atoms with van der Waals surface area (Å²) in [5.41, 5.74) is 1.92. The van der Waals surface area contributed by atoms with Crippen molar-refractivity contribution in [3.05, 3.63) is 65.2 Å². The summed E-state index contributed by atoms with van der Waals surface area (Å²) in [6.07, 6.45) is 6.25. The zero-order valence-electron chi connectivity index (χ0n) is 13.4. The van der Waals surface area contributed by atoms with E-state index in [4.69, 9.17) is 0 Å². The molecule has 3 rings (SSSR count). The van der Waals surface area contributed by atoms with Crippen molar-refractivity contribution in [3.8, 4) is 11.1 Å². The highest BCUT2D eigenvalue weighted by Gasteiger charge is 2.17. The van der Waals surface area contributed by atoms with E-state index in [9.17, 15) is 17.6 Å². The van der Waals surface area contributed by atoms with Gasteiger partial charge in [-0.15, -0.1) is 0 Å². The normalized spacial score (nSPS) is 17.7. The minimum atomic E-state index is -1.55. The molecule has 0 bridgehead atoms. The summed E-state index contributed by atoms with van der Waals surface area (Å²) in [4.78, 5) is 0. The standard InChI is InChI=1S/C20H18F4/c1-2-12-3-5-13(6-4-12)14-7-8-16(17(21)9-14)15-10-18(22)20(24)19(23)11-15/h5,7-12H,2-4,6H2,1H3. The van der Waals surface area contributed by atoms with Gasteiger partial charge in [-0.25, -0.2) is 17.6 Å². The smallest absolute Gasteiger partial charge is 0.194 e. The van der Waals surface area contributed by atoms with Gasteiger partial charge in [0, 0.05) is 5.56 Å². The van der Waals surface area contributed by atoms with Crippen LogP contribution in [0.15, 0.2) is 36.4 Å². The Morgan fingerprint density at radius 1 is 0.917 bits per heavy atom. The lowest BCUT2D eigenvalue weighted by molar-refractivity contribution is 0.447. The van der Waals surface area contributed by atoms with E-state index in [1.165, 1.54) is 12.1 Å². The molecule has 0 saturated heterocycles. The van der Waals surface area contributed by atoms with E-state index < -0.39 is 23.3 Å². The van der Waals surface area contributed by atoms with Gasteiger partial charge in [0.1, 0.15) is 5.82 Å². The van der Waals surface area contributed by atoms with E-state index in [2.05, 4.69) is 13.0 Å². The molecule has 1 aliphatic rings. The van der Waals surface area contributed by atoms with Gasteiger partial charge in [-0.1, -0.05) is 31.6 Å². The lowest BCUT2D eigenvalue weighted by Crippen LogP contribution is -2.04. The van der Waals surface area contributed by atoms with Crippen molar-refractivity contribution in [2.75, 3.05) is 0 Å². The molecule has 24 heavy (non-hydrogen) atoms. The molecule has 0 saturated carbocycles. The van der Waals surface area contributed by atoms with E-state index in [1.807, 2.05) is 0 Å². The van der Waals surface area contributed by atoms with E-state index >= 15 is 0 Å². The molecule has 0 radical (unpaired) electrons. The second-order valence-electron chi connectivity index (χ2n) is 6.23. The molecule has 4 heteroatoms. The highest BCUT2D eigenvalue weighted by Crippen LogP contribution is 2.34. The van der Waals surface area contributed by atoms with E-state index in [-0.39, 0.29) is 11.1 Å². The van der Waals surface area contributed by atoms with Gasteiger partial charge in [-0.3, -0.25) is 0 Å². The number of halogens is 4. The molecule has 0 spiro atoms. The zero-order valence-corrected chi connectivity index (χ0v) is 13.4. The first kappa shape index (κ1) is 16.7. The van der Waals surface area contributed by atoms with Crippen LogP contribution in [0.4, 0.5) is 17.6 Å². The Morgan fingerprint density at radius 3 is 2.12 bits per heavy atom. The number of hydrogen-bond donors (Lipinski definition) is 0. The fourth-order valence-electron chi connectivity index (χ4n) is 3.18. The van der Waals surface area contributed by atoms with Crippen LogP contribution in [0, 0.1) is 29.2 Å². The minimum absolute atomic E-state index is 0.0147. The summed E-state index contributed by atoms with van der Waals surface area (Å²) >= 11 is 0. The predicted molar refractivity (Wildman–Crippen MR) is 87.3 cm³/mol. The van der Waals surface area contributed by atoms with Gasteiger partial charge >= 0.3 is 0 Å². The third kappa shape index (κ3) is 3.23. The van der Waals surface area contributed by atoms with Crippen LogP contribution in [0.3, 0.4) is 0 Å². The van der Waals surface area contributed by atoms with Crippen molar-refractivity contribution in [1.82, 2.24) is 0 Å². The molecule has 2 aromatic carbocycles. The predicted octanol–water partition coefficient (Wildman–Crippen LogP) is 6.50. The summed E-state index contributed by atoms with van der Waals surface area (Å²) in [6.45, 7) is 2.17. The minimum Gasteiger partial charge on any atom is -0.206 e. The highest BCUT2D eigenvalue weighted by atomic mass is 19.2. The first-order valence-corrected chi connectivity index (χ1v) is 8.13. The zero-order chi connectivity index (χ0) is 17.3. The molecule has 0 aromatic heterocycles. The monoisotopic (exact) mass is 334 g/mol. The maximum Gasteiger partial charge on any atom is 0.194 e. The average Bonchev–Trinajstić information content (AvgIpc) is 2.59. The molecule has 0 N–H and O–H groups in total. The van der Waals surface area contributed by atoms with E-state index in [0.717, 1.165) is 49.0 Å². The quantitative estimate of drug-likeness (QED) is 0.444. The lowest BCUT2D eigenvalue weighted by atomic mass is 9.85. The maximum absolute atomic E-state index is 14.4. The molecule has 0 heterocycles. The molecular formula is C20H18F4. The lowest BCUT2D eigenvalue weighted by Gasteiger charge is -2.21. The van der Waals surface area contributed by atoms with Crippen molar-refractivity contribution in [3.63, 3.8) is 0 Å². The largest absolute Gasteiger partial charge is 0.206 e. The van der Waals surface area contributed by atoms with Crippen LogP contribution in [0.25, 0.3) is 16.7 Å². The summed E-state index contributed by atoms with van der Waals surface area (Å²) in [6, 6.07) is 6.23. The fraction of sp³-hybridized carbons (Fsp3) is 0.300. The first-order chi connectivity index (χ1) is 11.5. The third-order valence-electron chi connectivity index (χ3n) is 4.73. The van der Waals surface area contributed by atoms with Crippen LogP contribution in [-0.4, -0.2) is 0 Å². The molecule has 126 valence electrons. The number of rotatable bonds is 3. The van der Waals surface area contributed by atoms with E-state index in [1.54, 1.807) is 6.07 Å². The summed E-state index contributed by atoms with van der Waals surface area (Å²) in [5, 5.41) is 0. The Morgan fingerprint density at radius 2 is 1.58 bits per heavy atom. The highest BCUT2D eigenvalue weighted by molar-refractivity contribution is 5.71. The van der Waals surface area contributed by atoms with Crippen LogP contribution >= 0.6 is 0 Å². The number of benzene rings is 2. The SMILES string of the molecule is CCC1CC=C(c2ccc(-c3cc(F)c(F)c(F)c3)c(F)c2)CC1. The van der Waals surface area contributed by atoms with Crippen molar-refractivity contribution in [2.45, 2.75) is 32.6 Å². The molecule has 0 amide bonds. The second-order valence-corrected chi connectivity index (χ2v) is 6.23. The van der Waals surface area contributed by atoms with Gasteiger partial charge in [0.25, 0.3) is 0 Å².